The average molecular weight is 360 g/mol. The molecule has 0 bridgehead atoms. The van der Waals surface area contributed by atoms with Crippen molar-refractivity contribution in [2.45, 2.75) is 27.7 Å². The third-order valence-corrected chi connectivity index (χ3v) is 5.12. The predicted octanol–water partition coefficient (Wildman–Crippen LogP) is 4.40. The summed E-state index contributed by atoms with van der Waals surface area (Å²) in [5.41, 5.74) is 6.32. The fraction of sp³-hybridized carbons (Fsp3) is 0.294. The molecule has 2 aromatic heterocycles. The van der Waals surface area contributed by atoms with Crippen molar-refractivity contribution in [3.8, 4) is 17.0 Å². The van der Waals surface area contributed by atoms with Gasteiger partial charge in [0, 0.05) is 17.5 Å². The number of rotatable bonds is 2. The van der Waals surface area contributed by atoms with E-state index >= 15 is 0 Å². The van der Waals surface area contributed by atoms with E-state index in [0.29, 0.717) is 0 Å². The summed E-state index contributed by atoms with van der Waals surface area (Å²) in [4.78, 5) is 9.24. The smallest absolute Gasteiger partial charge is 0.234 e. The lowest BCUT2D eigenvalue weighted by Crippen LogP contribution is -1.97. The Morgan fingerprint density at radius 2 is 1.77 bits per heavy atom. The highest BCUT2D eigenvalue weighted by Crippen LogP contribution is 2.30. The Hall–Kier alpha value is -1.88. The van der Waals surface area contributed by atoms with Gasteiger partial charge in [0.15, 0.2) is 0 Å². The molecule has 0 aliphatic heterocycles. The van der Waals surface area contributed by atoms with Crippen LogP contribution in [0.2, 0.25) is 0 Å². The second-order valence-corrected chi connectivity index (χ2v) is 6.32. The van der Waals surface area contributed by atoms with Gasteiger partial charge in [0.25, 0.3) is 0 Å². The number of aromatic nitrogens is 3. The van der Waals surface area contributed by atoms with Gasteiger partial charge in [0.1, 0.15) is 5.75 Å². The van der Waals surface area contributed by atoms with Crippen LogP contribution in [0.25, 0.3) is 17.0 Å². The van der Waals surface area contributed by atoms with E-state index < -0.39 is 0 Å². The van der Waals surface area contributed by atoms with Crippen molar-refractivity contribution in [3.63, 3.8) is 0 Å². The van der Waals surface area contributed by atoms with Gasteiger partial charge in [-0.15, -0.1) is 0 Å². The quantitative estimate of drug-likeness (QED) is 0.680. The van der Waals surface area contributed by atoms with E-state index in [1.807, 2.05) is 24.4 Å². The molecule has 0 aliphatic carbocycles. The van der Waals surface area contributed by atoms with Crippen LogP contribution in [0.1, 0.15) is 22.5 Å². The Morgan fingerprint density at radius 1 is 1.05 bits per heavy atom. The molecule has 4 nitrogen and oxygen atoms in total. The van der Waals surface area contributed by atoms with E-state index in [9.17, 15) is 0 Å². The molecule has 0 aliphatic rings. The van der Waals surface area contributed by atoms with Gasteiger partial charge >= 0.3 is 0 Å². The molecule has 2 heterocycles. The minimum atomic E-state index is 0.723. The van der Waals surface area contributed by atoms with Crippen LogP contribution in [0, 0.1) is 27.7 Å². The number of fused-ring (bicyclic) bond motifs is 1. The van der Waals surface area contributed by atoms with E-state index in [2.05, 4.69) is 46.9 Å². The summed E-state index contributed by atoms with van der Waals surface area (Å²) >= 11 is 3.58. The zero-order chi connectivity index (χ0) is 16.0. The first-order valence-electron chi connectivity index (χ1n) is 7.09. The maximum Gasteiger partial charge on any atom is 0.234 e. The van der Waals surface area contributed by atoms with Gasteiger partial charge in [-0.25, -0.2) is 9.97 Å². The van der Waals surface area contributed by atoms with Gasteiger partial charge in [-0.2, -0.15) is 0 Å². The lowest BCUT2D eigenvalue weighted by Gasteiger charge is -2.09. The Bertz CT molecular complexity index is 883. The maximum absolute atomic E-state index is 5.38. The summed E-state index contributed by atoms with van der Waals surface area (Å²) in [5, 5.41) is 0. The predicted molar refractivity (Wildman–Crippen MR) is 91.6 cm³/mol. The minimum absolute atomic E-state index is 0.723. The number of halogens is 1. The molecule has 0 saturated heterocycles. The molecule has 0 saturated carbocycles. The highest BCUT2D eigenvalue weighted by molar-refractivity contribution is 9.10. The van der Waals surface area contributed by atoms with Crippen molar-refractivity contribution >= 4 is 21.7 Å². The Balaban J connectivity index is 2.23. The van der Waals surface area contributed by atoms with Gasteiger partial charge in [0.05, 0.1) is 23.0 Å². The molecule has 0 atom stereocenters. The number of methoxy groups -OCH3 is 1. The fourth-order valence-electron chi connectivity index (χ4n) is 2.68. The van der Waals surface area contributed by atoms with Crippen molar-refractivity contribution in [1.82, 2.24) is 14.4 Å². The monoisotopic (exact) mass is 359 g/mol. The van der Waals surface area contributed by atoms with Gasteiger partial charge in [0.2, 0.25) is 5.78 Å². The molecule has 3 rings (SSSR count). The van der Waals surface area contributed by atoms with Gasteiger partial charge in [-0.05, 0) is 66.9 Å². The number of benzene rings is 1. The zero-order valence-electron chi connectivity index (χ0n) is 13.4. The number of nitrogens with zero attached hydrogens (tertiary/aromatic N) is 3. The summed E-state index contributed by atoms with van der Waals surface area (Å²) in [6.07, 6.45) is 2.04. The van der Waals surface area contributed by atoms with Crippen molar-refractivity contribution in [3.05, 3.63) is 45.3 Å². The van der Waals surface area contributed by atoms with E-state index in [-0.39, 0.29) is 0 Å². The molecule has 1 aromatic carbocycles. The van der Waals surface area contributed by atoms with E-state index in [1.165, 1.54) is 0 Å². The van der Waals surface area contributed by atoms with Crippen LogP contribution in [-0.2, 0) is 0 Å². The Labute approximate surface area is 138 Å². The van der Waals surface area contributed by atoms with Crippen LogP contribution in [-0.4, -0.2) is 21.5 Å². The summed E-state index contributed by atoms with van der Waals surface area (Å²) in [6, 6.07) is 4.17. The molecule has 0 spiro atoms. The molecule has 0 amide bonds. The lowest BCUT2D eigenvalue weighted by molar-refractivity contribution is 0.411. The van der Waals surface area contributed by atoms with Crippen LogP contribution in [0.4, 0.5) is 0 Å². The van der Waals surface area contributed by atoms with Crippen molar-refractivity contribution in [2.24, 2.45) is 0 Å². The van der Waals surface area contributed by atoms with Crippen LogP contribution in [0.5, 0.6) is 5.75 Å². The van der Waals surface area contributed by atoms with Gasteiger partial charge in [-0.3, -0.25) is 4.40 Å². The van der Waals surface area contributed by atoms with E-state index in [4.69, 9.17) is 9.72 Å². The molecule has 0 N–H and O–H groups in total. The summed E-state index contributed by atoms with van der Waals surface area (Å²) in [5.74, 6) is 1.62. The van der Waals surface area contributed by atoms with Crippen molar-refractivity contribution in [2.75, 3.05) is 7.11 Å². The number of ether oxygens (including phenoxy) is 1. The van der Waals surface area contributed by atoms with Gasteiger partial charge in [-0.1, -0.05) is 0 Å². The molecule has 114 valence electrons. The standard InChI is InChI=1S/C17H18BrN3O/c1-9-7-15(22-5)10(2)6-13(9)14-8-21-12(4)16(18)11(3)19-17(21)20-14/h6-8H,1-5H3. The number of imidazole rings is 1. The van der Waals surface area contributed by atoms with Crippen LogP contribution in [0.3, 0.4) is 0 Å². The van der Waals surface area contributed by atoms with E-state index in [1.54, 1.807) is 7.11 Å². The fourth-order valence-corrected chi connectivity index (χ4v) is 2.96. The highest BCUT2D eigenvalue weighted by atomic mass is 79.9. The maximum atomic E-state index is 5.38. The first kappa shape index (κ1) is 15.0. The second kappa shape index (κ2) is 5.39. The van der Waals surface area contributed by atoms with Crippen molar-refractivity contribution < 1.29 is 4.74 Å². The SMILES string of the molecule is COc1cc(C)c(-c2cn3c(C)c(Br)c(C)nc3n2)cc1C. The highest BCUT2D eigenvalue weighted by Gasteiger charge is 2.14. The normalized spacial score (nSPS) is 11.2. The first-order chi connectivity index (χ1) is 10.4. The first-order valence-corrected chi connectivity index (χ1v) is 7.89. The lowest BCUT2D eigenvalue weighted by atomic mass is 10.0. The third-order valence-electron chi connectivity index (χ3n) is 3.97. The number of hydrogen-bond donors (Lipinski definition) is 0. The summed E-state index contributed by atoms with van der Waals surface area (Å²) in [7, 11) is 1.69. The Morgan fingerprint density at radius 3 is 2.45 bits per heavy atom. The molecule has 0 radical (unpaired) electrons. The molecule has 5 heteroatoms. The van der Waals surface area contributed by atoms with E-state index in [0.717, 1.165) is 49.8 Å². The van der Waals surface area contributed by atoms with Crippen molar-refractivity contribution in [1.29, 1.82) is 0 Å². The third kappa shape index (κ3) is 2.29. The Kier molecular flexibility index (Phi) is 3.68. The minimum Gasteiger partial charge on any atom is -0.496 e. The number of hydrogen-bond acceptors (Lipinski definition) is 3. The average Bonchev–Trinajstić information content (AvgIpc) is 2.90. The summed E-state index contributed by atoms with van der Waals surface area (Å²) < 4.78 is 8.42. The molecule has 3 aromatic rings. The van der Waals surface area contributed by atoms with Crippen LogP contribution < -0.4 is 4.74 Å². The topological polar surface area (TPSA) is 39.4 Å². The second-order valence-electron chi connectivity index (χ2n) is 5.53. The summed E-state index contributed by atoms with van der Waals surface area (Å²) in [6.45, 7) is 8.15. The zero-order valence-corrected chi connectivity index (χ0v) is 14.9. The van der Waals surface area contributed by atoms with Crippen LogP contribution >= 0.6 is 15.9 Å². The molecule has 22 heavy (non-hydrogen) atoms. The largest absolute Gasteiger partial charge is 0.496 e. The number of aryl methyl sites for hydroxylation is 4. The molecular weight excluding hydrogens is 342 g/mol. The van der Waals surface area contributed by atoms with Gasteiger partial charge < -0.3 is 4.74 Å². The van der Waals surface area contributed by atoms with Crippen LogP contribution in [0.15, 0.2) is 22.8 Å². The molecule has 0 fully saturated rings. The molecule has 0 unspecified atom stereocenters. The molecular formula is C17H18BrN3O.